The zero-order valence-electron chi connectivity index (χ0n) is 10.7. The van der Waals surface area contributed by atoms with Gasteiger partial charge in [0.05, 0.1) is 0 Å². The van der Waals surface area contributed by atoms with E-state index in [-0.39, 0.29) is 0 Å². The van der Waals surface area contributed by atoms with E-state index in [0.717, 1.165) is 23.2 Å². The number of rotatable bonds is 7. The highest BCUT2D eigenvalue weighted by Crippen LogP contribution is 2.17. The lowest BCUT2D eigenvalue weighted by Crippen LogP contribution is -2.38. The Labute approximate surface area is 113 Å². The second kappa shape index (κ2) is 7.85. The van der Waals surface area contributed by atoms with Crippen molar-refractivity contribution in [3.8, 4) is 0 Å². The van der Waals surface area contributed by atoms with Crippen molar-refractivity contribution in [2.75, 3.05) is 0 Å². The molecule has 0 heterocycles. The van der Waals surface area contributed by atoms with Gasteiger partial charge in [0.25, 0.3) is 0 Å². The summed E-state index contributed by atoms with van der Waals surface area (Å²) in [5.41, 5.74) is 4.28. The number of nitrogens with two attached hydrogens (primary N) is 1. The van der Waals surface area contributed by atoms with Crippen LogP contribution in [0.5, 0.6) is 0 Å². The average molecular weight is 299 g/mol. The minimum atomic E-state index is 0.373. The van der Waals surface area contributed by atoms with Gasteiger partial charge in [-0.25, -0.2) is 0 Å². The van der Waals surface area contributed by atoms with Crippen molar-refractivity contribution in [2.24, 2.45) is 11.8 Å². The Hall–Kier alpha value is -0.380. The summed E-state index contributed by atoms with van der Waals surface area (Å²) >= 11 is 3.45. The van der Waals surface area contributed by atoms with Gasteiger partial charge in [-0.05, 0) is 36.5 Å². The summed E-state index contributed by atoms with van der Waals surface area (Å²) < 4.78 is 1.12. The zero-order chi connectivity index (χ0) is 12.7. The average Bonchev–Trinajstić information content (AvgIpc) is 2.31. The lowest BCUT2D eigenvalue weighted by Gasteiger charge is -2.20. The first-order valence-electron chi connectivity index (χ1n) is 6.36. The quantitative estimate of drug-likeness (QED) is 0.596. The van der Waals surface area contributed by atoms with Gasteiger partial charge in [0.1, 0.15) is 0 Å². The lowest BCUT2D eigenvalue weighted by atomic mass is 9.94. The summed E-state index contributed by atoms with van der Waals surface area (Å²) in [5, 5.41) is 0. The van der Waals surface area contributed by atoms with E-state index in [1.54, 1.807) is 0 Å². The number of hydrazine groups is 1. The molecule has 0 aliphatic carbocycles. The van der Waals surface area contributed by atoms with E-state index in [2.05, 4.69) is 59.5 Å². The Kier molecular flexibility index (Phi) is 6.78. The van der Waals surface area contributed by atoms with E-state index >= 15 is 0 Å². The Morgan fingerprint density at radius 3 is 2.47 bits per heavy atom. The third-order valence-electron chi connectivity index (χ3n) is 3.10. The molecule has 0 bridgehead atoms. The maximum atomic E-state index is 5.64. The Morgan fingerprint density at radius 1 is 1.29 bits per heavy atom. The minimum Gasteiger partial charge on any atom is -0.271 e. The van der Waals surface area contributed by atoms with Gasteiger partial charge in [-0.2, -0.15) is 0 Å². The Morgan fingerprint density at radius 2 is 1.94 bits per heavy atom. The molecule has 0 aliphatic rings. The van der Waals surface area contributed by atoms with Crippen molar-refractivity contribution in [3.05, 3.63) is 34.3 Å². The number of benzene rings is 1. The second-order valence-corrected chi connectivity index (χ2v) is 5.74. The van der Waals surface area contributed by atoms with Crippen molar-refractivity contribution in [3.63, 3.8) is 0 Å². The van der Waals surface area contributed by atoms with Gasteiger partial charge in [0, 0.05) is 10.5 Å². The molecular weight excluding hydrogens is 276 g/mol. The summed E-state index contributed by atoms with van der Waals surface area (Å²) in [6.45, 7) is 4.53. The predicted octanol–water partition coefficient (Wildman–Crippen LogP) is 3.65. The second-order valence-electron chi connectivity index (χ2n) is 4.82. The van der Waals surface area contributed by atoms with E-state index in [1.807, 2.05) is 0 Å². The molecule has 3 heteroatoms. The molecule has 0 radical (unpaired) electrons. The molecule has 2 unspecified atom stereocenters. The molecule has 0 saturated heterocycles. The molecule has 1 aromatic rings. The number of hydrogen-bond acceptors (Lipinski definition) is 2. The van der Waals surface area contributed by atoms with Gasteiger partial charge in [0.15, 0.2) is 0 Å². The molecule has 0 amide bonds. The number of hydrogen-bond donors (Lipinski definition) is 2. The fourth-order valence-corrected chi connectivity index (χ4v) is 2.48. The highest BCUT2D eigenvalue weighted by Gasteiger charge is 2.12. The molecule has 1 rings (SSSR count). The van der Waals surface area contributed by atoms with Crippen LogP contribution in [-0.2, 0) is 6.42 Å². The van der Waals surface area contributed by atoms with Crippen molar-refractivity contribution >= 4 is 15.9 Å². The van der Waals surface area contributed by atoms with Crippen LogP contribution in [0.3, 0.4) is 0 Å². The fraction of sp³-hybridized carbons (Fsp3) is 0.571. The van der Waals surface area contributed by atoms with E-state index in [4.69, 9.17) is 5.84 Å². The zero-order valence-corrected chi connectivity index (χ0v) is 12.3. The first kappa shape index (κ1) is 14.7. The predicted molar refractivity (Wildman–Crippen MR) is 77.6 cm³/mol. The maximum Gasteiger partial charge on any atom is 0.0253 e. The van der Waals surface area contributed by atoms with Gasteiger partial charge in [-0.1, -0.05) is 54.8 Å². The van der Waals surface area contributed by atoms with E-state index in [1.165, 1.54) is 18.4 Å². The molecule has 2 nitrogen and oxygen atoms in total. The molecule has 0 aromatic heterocycles. The van der Waals surface area contributed by atoms with E-state index < -0.39 is 0 Å². The van der Waals surface area contributed by atoms with Crippen LogP contribution in [0.15, 0.2) is 28.7 Å². The third kappa shape index (κ3) is 5.66. The van der Waals surface area contributed by atoms with Crippen LogP contribution in [0.25, 0.3) is 0 Å². The van der Waals surface area contributed by atoms with E-state index in [0.29, 0.717) is 6.04 Å². The molecule has 0 aliphatic heterocycles. The fourth-order valence-electron chi connectivity index (χ4n) is 2.21. The van der Waals surface area contributed by atoms with Crippen molar-refractivity contribution < 1.29 is 0 Å². The van der Waals surface area contributed by atoms with Crippen molar-refractivity contribution in [1.29, 1.82) is 0 Å². The summed E-state index contributed by atoms with van der Waals surface area (Å²) in [6, 6.07) is 8.84. The highest BCUT2D eigenvalue weighted by molar-refractivity contribution is 9.10. The third-order valence-corrected chi connectivity index (χ3v) is 3.63. The summed E-state index contributed by atoms with van der Waals surface area (Å²) in [6.07, 6.45) is 4.66. The van der Waals surface area contributed by atoms with Gasteiger partial charge in [0.2, 0.25) is 0 Å². The normalized spacial score (nSPS) is 14.6. The molecule has 17 heavy (non-hydrogen) atoms. The van der Waals surface area contributed by atoms with Crippen LogP contribution in [-0.4, -0.2) is 6.04 Å². The minimum absolute atomic E-state index is 0.373. The highest BCUT2D eigenvalue weighted by atomic mass is 79.9. The first-order valence-corrected chi connectivity index (χ1v) is 7.15. The molecule has 0 fully saturated rings. The largest absolute Gasteiger partial charge is 0.271 e. The van der Waals surface area contributed by atoms with Crippen molar-refractivity contribution in [2.45, 2.75) is 45.6 Å². The Bertz CT molecular complexity index is 311. The SMILES string of the molecule is CCCC(C)CC(Cc1ccc(Br)cc1)NN. The molecule has 3 N–H and O–H groups in total. The monoisotopic (exact) mass is 298 g/mol. The summed E-state index contributed by atoms with van der Waals surface area (Å²) in [4.78, 5) is 0. The first-order chi connectivity index (χ1) is 8.15. The number of nitrogens with one attached hydrogen (secondary N) is 1. The van der Waals surface area contributed by atoms with Crippen molar-refractivity contribution in [1.82, 2.24) is 5.43 Å². The van der Waals surface area contributed by atoms with E-state index in [9.17, 15) is 0 Å². The van der Waals surface area contributed by atoms with Gasteiger partial charge < -0.3 is 0 Å². The Balaban J connectivity index is 2.48. The van der Waals surface area contributed by atoms with Crippen LogP contribution in [0, 0.1) is 5.92 Å². The molecule has 2 atom stereocenters. The molecular formula is C14H23BrN2. The molecule has 1 aromatic carbocycles. The van der Waals surface area contributed by atoms with Gasteiger partial charge in [-0.15, -0.1) is 0 Å². The standard InChI is InChI=1S/C14H23BrN2/c1-3-4-11(2)9-14(17-16)10-12-5-7-13(15)8-6-12/h5-8,11,14,17H,3-4,9-10,16H2,1-2H3. The number of halogens is 1. The topological polar surface area (TPSA) is 38.0 Å². The van der Waals surface area contributed by atoms with Crippen LogP contribution in [0.2, 0.25) is 0 Å². The molecule has 0 saturated carbocycles. The smallest absolute Gasteiger partial charge is 0.0253 e. The molecule has 96 valence electrons. The van der Waals surface area contributed by atoms with Crippen LogP contribution < -0.4 is 11.3 Å². The van der Waals surface area contributed by atoms with Crippen LogP contribution in [0.1, 0.15) is 38.7 Å². The molecule has 0 spiro atoms. The summed E-state index contributed by atoms with van der Waals surface area (Å²) in [7, 11) is 0. The van der Waals surface area contributed by atoms with Gasteiger partial charge in [-0.3, -0.25) is 11.3 Å². The van der Waals surface area contributed by atoms with Crippen LogP contribution in [0.4, 0.5) is 0 Å². The summed E-state index contributed by atoms with van der Waals surface area (Å²) in [5.74, 6) is 6.37. The maximum absolute atomic E-state index is 5.64. The van der Waals surface area contributed by atoms with Gasteiger partial charge >= 0.3 is 0 Å². The lowest BCUT2D eigenvalue weighted by molar-refractivity contribution is 0.385. The van der Waals surface area contributed by atoms with Crippen LogP contribution >= 0.6 is 15.9 Å².